The van der Waals surface area contributed by atoms with Gasteiger partial charge in [0, 0.05) is 17.6 Å². The molecule has 0 radical (unpaired) electrons. The van der Waals surface area contributed by atoms with Gasteiger partial charge in [-0.3, -0.25) is 0 Å². The largest absolute Gasteiger partial charge is 0.370 e. The van der Waals surface area contributed by atoms with Crippen molar-refractivity contribution in [1.82, 2.24) is 0 Å². The summed E-state index contributed by atoms with van der Waals surface area (Å²) in [6.07, 6.45) is 0. The van der Waals surface area contributed by atoms with E-state index in [2.05, 4.69) is 54.6 Å². The summed E-state index contributed by atoms with van der Waals surface area (Å²) in [5.74, 6) is 1.16. The minimum absolute atomic E-state index is 0.578. The van der Waals surface area contributed by atoms with Crippen molar-refractivity contribution in [3.63, 3.8) is 0 Å². The molecule has 0 saturated heterocycles. The van der Waals surface area contributed by atoms with E-state index in [1.54, 1.807) is 0 Å². The molecule has 3 heteroatoms. The second-order valence-corrected chi connectivity index (χ2v) is 6.29. The van der Waals surface area contributed by atoms with Crippen LogP contribution in [0.25, 0.3) is 0 Å². The maximum atomic E-state index is 9.31. The SMILES string of the molecule is CC(C)CN(CC(C)C)c1cccc(Br)c1C#N. The van der Waals surface area contributed by atoms with Gasteiger partial charge in [-0.15, -0.1) is 0 Å². The van der Waals surface area contributed by atoms with Crippen molar-refractivity contribution in [2.45, 2.75) is 27.7 Å². The van der Waals surface area contributed by atoms with Gasteiger partial charge in [0.1, 0.15) is 6.07 Å². The molecule has 0 amide bonds. The molecule has 0 atom stereocenters. The summed E-state index contributed by atoms with van der Waals surface area (Å²) < 4.78 is 0.875. The molecule has 0 saturated carbocycles. The van der Waals surface area contributed by atoms with E-state index in [-0.39, 0.29) is 0 Å². The van der Waals surface area contributed by atoms with Crippen molar-refractivity contribution in [1.29, 1.82) is 5.26 Å². The van der Waals surface area contributed by atoms with Gasteiger partial charge in [0.25, 0.3) is 0 Å². The Morgan fingerprint density at radius 2 is 1.72 bits per heavy atom. The number of hydrogen-bond donors (Lipinski definition) is 0. The van der Waals surface area contributed by atoms with Gasteiger partial charge in [-0.2, -0.15) is 5.26 Å². The molecular weight excluding hydrogens is 288 g/mol. The van der Waals surface area contributed by atoms with Gasteiger partial charge in [0.05, 0.1) is 11.3 Å². The lowest BCUT2D eigenvalue weighted by molar-refractivity contribution is 0.552. The zero-order valence-electron chi connectivity index (χ0n) is 11.6. The van der Waals surface area contributed by atoms with Crippen molar-refractivity contribution in [3.05, 3.63) is 28.2 Å². The van der Waals surface area contributed by atoms with Crippen molar-refractivity contribution < 1.29 is 0 Å². The maximum absolute atomic E-state index is 9.31. The van der Waals surface area contributed by atoms with Crippen LogP contribution >= 0.6 is 15.9 Å². The van der Waals surface area contributed by atoms with Crippen LogP contribution in [0.5, 0.6) is 0 Å². The van der Waals surface area contributed by atoms with Crippen molar-refractivity contribution in [2.75, 3.05) is 18.0 Å². The molecule has 0 N–H and O–H groups in total. The van der Waals surface area contributed by atoms with Crippen LogP contribution in [0.15, 0.2) is 22.7 Å². The first-order valence-corrected chi connectivity index (χ1v) is 7.18. The zero-order chi connectivity index (χ0) is 13.7. The molecule has 0 unspecified atom stereocenters. The third-order valence-corrected chi connectivity index (χ3v) is 3.28. The van der Waals surface area contributed by atoms with Crippen LogP contribution in [0.1, 0.15) is 33.3 Å². The number of benzene rings is 1. The third kappa shape index (κ3) is 4.03. The Labute approximate surface area is 119 Å². The van der Waals surface area contributed by atoms with E-state index in [1.165, 1.54) is 0 Å². The fourth-order valence-corrected chi connectivity index (χ4v) is 2.48. The molecule has 1 aromatic rings. The van der Waals surface area contributed by atoms with Gasteiger partial charge in [0.15, 0.2) is 0 Å². The predicted octanol–water partition coefficient (Wildman–Crippen LogP) is 4.44. The van der Waals surface area contributed by atoms with E-state index in [0.29, 0.717) is 11.8 Å². The van der Waals surface area contributed by atoms with Gasteiger partial charge in [0.2, 0.25) is 0 Å². The van der Waals surface area contributed by atoms with Crippen LogP contribution in [0, 0.1) is 23.2 Å². The Morgan fingerprint density at radius 3 is 2.17 bits per heavy atom. The molecule has 2 nitrogen and oxygen atoms in total. The standard InChI is InChI=1S/C15H21BrN2/c1-11(2)9-18(10-12(3)4)15-7-5-6-14(16)13(15)8-17/h5-7,11-12H,9-10H2,1-4H3. The molecule has 1 aromatic carbocycles. The Hall–Kier alpha value is -1.01. The number of rotatable bonds is 5. The molecule has 0 heterocycles. The monoisotopic (exact) mass is 308 g/mol. The summed E-state index contributed by atoms with van der Waals surface area (Å²) in [6, 6.07) is 8.25. The summed E-state index contributed by atoms with van der Waals surface area (Å²) in [6.45, 7) is 10.8. The molecule has 0 fully saturated rings. The van der Waals surface area contributed by atoms with Crippen LogP contribution in [0.2, 0.25) is 0 Å². The van der Waals surface area contributed by atoms with E-state index < -0.39 is 0 Å². The molecule has 0 bridgehead atoms. The molecule has 1 rings (SSSR count). The Morgan fingerprint density at radius 1 is 1.17 bits per heavy atom. The van der Waals surface area contributed by atoms with Gasteiger partial charge in [-0.25, -0.2) is 0 Å². The Kier molecular flexibility index (Phi) is 5.68. The summed E-state index contributed by atoms with van der Waals surface area (Å²) in [4.78, 5) is 2.32. The molecule has 0 aromatic heterocycles. The molecule has 18 heavy (non-hydrogen) atoms. The minimum Gasteiger partial charge on any atom is -0.370 e. The fraction of sp³-hybridized carbons (Fsp3) is 0.533. The van der Waals surface area contributed by atoms with Crippen LogP contribution in [0.3, 0.4) is 0 Å². The van der Waals surface area contributed by atoms with Crippen LogP contribution < -0.4 is 4.90 Å². The fourth-order valence-electron chi connectivity index (χ4n) is 2.04. The van der Waals surface area contributed by atoms with Crippen LogP contribution in [-0.4, -0.2) is 13.1 Å². The van der Waals surface area contributed by atoms with Crippen molar-refractivity contribution in [2.24, 2.45) is 11.8 Å². The first-order valence-electron chi connectivity index (χ1n) is 6.39. The van der Waals surface area contributed by atoms with Crippen LogP contribution in [-0.2, 0) is 0 Å². The second-order valence-electron chi connectivity index (χ2n) is 5.44. The third-order valence-electron chi connectivity index (χ3n) is 2.62. The average molecular weight is 309 g/mol. The molecule has 0 spiro atoms. The summed E-state index contributed by atoms with van der Waals surface area (Å²) in [5, 5.41) is 9.31. The normalized spacial score (nSPS) is 10.8. The maximum Gasteiger partial charge on any atom is 0.103 e. The summed E-state index contributed by atoms with van der Waals surface area (Å²) >= 11 is 3.46. The van der Waals surface area contributed by atoms with Crippen LogP contribution in [0.4, 0.5) is 5.69 Å². The lowest BCUT2D eigenvalue weighted by Gasteiger charge is -2.29. The predicted molar refractivity (Wildman–Crippen MR) is 80.7 cm³/mol. The minimum atomic E-state index is 0.578. The highest BCUT2D eigenvalue weighted by Crippen LogP contribution is 2.28. The topological polar surface area (TPSA) is 27.0 Å². The van der Waals surface area contributed by atoms with Gasteiger partial charge in [-0.05, 0) is 39.9 Å². The number of halogens is 1. The average Bonchev–Trinajstić information content (AvgIpc) is 2.26. The first-order chi connectivity index (χ1) is 8.45. The van der Waals surface area contributed by atoms with E-state index >= 15 is 0 Å². The van der Waals surface area contributed by atoms with Gasteiger partial charge >= 0.3 is 0 Å². The summed E-state index contributed by atoms with van der Waals surface area (Å²) in [5.41, 5.74) is 1.77. The lowest BCUT2D eigenvalue weighted by atomic mass is 10.1. The Bertz CT molecular complexity index is 423. The second kappa shape index (κ2) is 6.80. The Balaban J connectivity index is 3.12. The lowest BCUT2D eigenvalue weighted by Crippen LogP contribution is -2.31. The highest BCUT2D eigenvalue weighted by Gasteiger charge is 2.15. The molecule has 0 aliphatic heterocycles. The highest BCUT2D eigenvalue weighted by molar-refractivity contribution is 9.10. The smallest absolute Gasteiger partial charge is 0.103 e. The summed E-state index contributed by atoms with van der Waals surface area (Å²) in [7, 11) is 0. The molecule has 98 valence electrons. The quantitative estimate of drug-likeness (QED) is 0.804. The number of anilines is 1. The number of nitriles is 1. The molecule has 0 aliphatic rings. The first kappa shape index (κ1) is 15.0. The van der Waals surface area contributed by atoms with Crippen molar-refractivity contribution in [3.8, 4) is 6.07 Å². The molecule has 0 aliphatic carbocycles. The van der Waals surface area contributed by atoms with Gasteiger partial charge < -0.3 is 4.90 Å². The molecular formula is C15H21BrN2. The van der Waals surface area contributed by atoms with E-state index in [9.17, 15) is 5.26 Å². The van der Waals surface area contributed by atoms with Gasteiger partial charge in [-0.1, -0.05) is 33.8 Å². The van der Waals surface area contributed by atoms with E-state index in [1.807, 2.05) is 18.2 Å². The number of hydrogen-bond acceptors (Lipinski definition) is 2. The highest BCUT2D eigenvalue weighted by atomic mass is 79.9. The number of nitrogens with zero attached hydrogens (tertiary/aromatic N) is 2. The van der Waals surface area contributed by atoms with E-state index in [4.69, 9.17) is 0 Å². The van der Waals surface area contributed by atoms with E-state index in [0.717, 1.165) is 28.8 Å². The van der Waals surface area contributed by atoms with Crippen molar-refractivity contribution >= 4 is 21.6 Å². The zero-order valence-corrected chi connectivity index (χ0v) is 13.2.